The Bertz CT molecular complexity index is 550. The Balaban J connectivity index is 1.64. The summed E-state index contributed by atoms with van der Waals surface area (Å²) in [4.78, 5) is 0. The molecule has 1 aliphatic rings. The molecule has 19 heavy (non-hydrogen) atoms. The molecule has 1 saturated carbocycles. The van der Waals surface area contributed by atoms with Crippen LogP contribution in [0.3, 0.4) is 0 Å². The van der Waals surface area contributed by atoms with Gasteiger partial charge in [0.2, 0.25) is 0 Å². The highest BCUT2D eigenvalue weighted by Crippen LogP contribution is 2.51. The van der Waals surface area contributed by atoms with Crippen LogP contribution in [0.2, 0.25) is 5.02 Å². The smallest absolute Gasteiger partial charge is 0.0438 e. The summed E-state index contributed by atoms with van der Waals surface area (Å²) < 4.78 is 0. The third-order valence-electron chi connectivity index (χ3n) is 3.90. The van der Waals surface area contributed by atoms with Crippen molar-refractivity contribution in [3.05, 3.63) is 70.7 Å². The minimum atomic E-state index is 0.171. The van der Waals surface area contributed by atoms with Gasteiger partial charge in [0, 0.05) is 10.4 Å². The lowest BCUT2D eigenvalue weighted by molar-refractivity contribution is 0.714. The van der Waals surface area contributed by atoms with E-state index in [0.717, 1.165) is 17.0 Å². The van der Waals surface area contributed by atoms with Crippen molar-refractivity contribution in [1.82, 2.24) is 0 Å². The molecule has 0 saturated heterocycles. The minimum Gasteiger partial charge on any atom is -0.122 e. The predicted molar refractivity (Wildman–Crippen MR) is 82.1 cm³/mol. The highest BCUT2D eigenvalue weighted by atomic mass is 35.5. The van der Waals surface area contributed by atoms with E-state index in [-0.39, 0.29) is 5.38 Å². The Labute approximate surface area is 124 Å². The molecule has 0 spiro atoms. The van der Waals surface area contributed by atoms with E-state index in [1.807, 2.05) is 18.2 Å². The molecule has 0 N–H and O–H groups in total. The van der Waals surface area contributed by atoms with Crippen molar-refractivity contribution in [3.8, 4) is 0 Å². The van der Waals surface area contributed by atoms with Gasteiger partial charge in [0.25, 0.3) is 0 Å². The van der Waals surface area contributed by atoms with Crippen molar-refractivity contribution in [1.29, 1.82) is 0 Å². The molecular formula is C17H16Cl2. The molecule has 3 unspecified atom stereocenters. The second-order valence-corrected chi connectivity index (χ2v) is 6.20. The van der Waals surface area contributed by atoms with Crippen molar-refractivity contribution in [2.45, 2.75) is 24.1 Å². The number of rotatable bonds is 4. The first kappa shape index (κ1) is 13.0. The van der Waals surface area contributed by atoms with Crippen LogP contribution in [0.25, 0.3) is 0 Å². The third-order valence-corrected chi connectivity index (χ3v) is 4.75. The van der Waals surface area contributed by atoms with Crippen LogP contribution in [-0.4, -0.2) is 5.38 Å². The maximum Gasteiger partial charge on any atom is 0.0438 e. The zero-order chi connectivity index (χ0) is 13.2. The highest BCUT2D eigenvalue weighted by molar-refractivity contribution is 6.31. The molecular weight excluding hydrogens is 275 g/mol. The zero-order valence-electron chi connectivity index (χ0n) is 10.6. The molecule has 0 aliphatic heterocycles. The fourth-order valence-corrected chi connectivity index (χ4v) is 3.38. The molecule has 1 aliphatic carbocycles. The normalized spacial score (nSPS) is 23.1. The molecule has 2 heteroatoms. The molecule has 0 bridgehead atoms. The van der Waals surface area contributed by atoms with Crippen LogP contribution in [0.1, 0.15) is 23.5 Å². The molecule has 0 radical (unpaired) electrons. The quantitative estimate of drug-likeness (QED) is 0.671. The summed E-state index contributed by atoms with van der Waals surface area (Å²) >= 11 is 12.8. The fourth-order valence-electron chi connectivity index (χ4n) is 2.72. The van der Waals surface area contributed by atoms with Gasteiger partial charge in [0.05, 0.1) is 0 Å². The van der Waals surface area contributed by atoms with Crippen molar-refractivity contribution >= 4 is 23.2 Å². The first-order valence-corrected chi connectivity index (χ1v) is 7.49. The molecule has 0 aromatic heterocycles. The standard InChI is InChI=1S/C17H16Cl2/c18-16-9-5-4-8-13(16)10-17(19)15-11-14(15)12-6-2-1-3-7-12/h1-9,14-15,17H,10-11H2. The van der Waals surface area contributed by atoms with Crippen molar-refractivity contribution in [2.75, 3.05) is 0 Å². The SMILES string of the molecule is Clc1ccccc1CC(Cl)C1CC1c1ccccc1. The van der Waals surface area contributed by atoms with Crippen LogP contribution in [0.15, 0.2) is 54.6 Å². The Morgan fingerprint density at radius 3 is 2.42 bits per heavy atom. The van der Waals surface area contributed by atoms with Crippen molar-refractivity contribution in [3.63, 3.8) is 0 Å². The Morgan fingerprint density at radius 2 is 1.68 bits per heavy atom. The van der Waals surface area contributed by atoms with Gasteiger partial charge in [-0.3, -0.25) is 0 Å². The van der Waals surface area contributed by atoms with E-state index in [0.29, 0.717) is 11.8 Å². The fraction of sp³-hybridized carbons (Fsp3) is 0.294. The van der Waals surface area contributed by atoms with E-state index in [9.17, 15) is 0 Å². The number of hydrogen-bond donors (Lipinski definition) is 0. The Morgan fingerprint density at radius 1 is 1.00 bits per heavy atom. The lowest BCUT2D eigenvalue weighted by atomic mass is 10.0. The van der Waals surface area contributed by atoms with Gasteiger partial charge in [0.15, 0.2) is 0 Å². The van der Waals surface area contributed by atoms with Crippen LogP contribution in [0, 0.1) is 5.92 Å². The van der Waals surface area contributed by atoms with E-state index < -0.39 is 0 Å². The van der Waals surface area contributed by atoms with Crippen LogP contribution in [0.5, 0.6) is 0 Å². The predicted octanol–water partition coefficient (Wildman–Crippen LogP) is 5.29. The molecule has 1 fully saturated rings. The summed E-state index contributed by atoms with van der Waals surface area (Å²) in [5.41, 5.74) is 2.57. The second-order valence-electron chi connectivity index (χ2n) is 5.23. The molecule has 3 rings (SSSR count). The maximum absolute atomic E-state index is 6.57. The average molecular weight is 291 g/mol. The first-order valence-electron chi connectivity index (χ1n) is 6.68. The second kappa shape index (κ2) is 5.56. The van der Waals surface area contributed by atoms with Gasteiger partial charge in [-0.05, 0) is 41.9 Å². The van der Waals surface area contributed by atoms with Gasteiger partial charge < -0.3 is 0 Å². The summed E-state index contributed by atoms with van der Waals surface area (Å²) in [7, 11) is 0. The number of alkyl halides is 1. The number of hydrogen-bond acceptors (Lipinski definition) is 0. The Hall–Kier alpha value is -0.980. The molecule has 0 amide bonds. The third kappa shape index (κ3) is 2.96. The van der Waals surface area contributed by atoms with E-state index in [2.05, 4.69) is 36.4 Å². The number of benzene rings is 2. The van der Waals surface area contributed by atoms with E-state index in [1.165, 1.54) is 12.0 Å². The first-order chi connectivity index (χ1) is 9.25. The van der Waals surface area contributed by atoms with Crippen LogP contribution in [0.4, 0.5) is 0 Å². The van der Waals surface area contributed by atoms with Crippen LogP contribution < -0.4 is 0 Å². The van der Waals surface area contributed by atoms with Crippen molar-refractivity contribution in [2.24, 2.45) is 5.92 Å². The van der Waals surface area contributed by atoms with Gasteiger partial charge in [-0.15, -0.1) is 11.6 Å². The summed E-state index contributed by atoms with van der Waals surface area (Å²) in [6.07, 6.45) is 2.05. The number of halogens is 2. The zero-order valence-corrected chi connectivity index (χ0v) is 12.1. The summed E-state index contributed by atoms with van der Waals surface area (Å²) in [6, 6.07) is 18.6. The van der Waals surface area contributed by atoms with E-state index >= 15 is 0 Å². The highest BCUT2D eigenvalue weighted by Gasteiger charge is 2.42. The Kier molecular flexibility index (Phi) is 3.81. The molecule has 0 nitrogen and oxygen atoms in total. The van der Waals surface area contributed by atoms with Crippen LogP contribution >= 0.6 is 23.2 Å². The van der Waals surface area contributed by atoms with Gasteiger partial charge >= 0.3 is 0 Å². The molecule has 98 valence electrons. The monoisotopic (exact) mass is 290 g/mol. The lowest BCUT2D eigenvalue weighted by Crippen LogP contribution is -2.07. The minimum absolute atomic E-state index is 0.171. The van der Waals surface area contributed by atoms with Gasteiger partial charge in [-0.25, -0.2) is 0 Å². The van der Waals surface area contributed by atoms with Gasteiger partial charge in [0.1, 0.15) is 0 Å². The van der Waals surface area contributed by atoms with Crippen molar-refractivity contribution < 1.29 is 0 Å². The largest absolute Gasteiger partial charge is 0.122 e. The van der Waals surface area contributed by atoms with E-state index in [4.69, 9.17) is 23.2 Å². The molecule has 2 aromatic rings. The summed E-state index contributed by atoms with van der Waals surface area (Å²) in [5.74, 6) is 1.21. The average Bonchev–Trinajstić information content (AvgIpc) is 3.23. The molecule has 3 atom stereocenters. The molecule has 2 aromatic carbocycles. The summed E-state index contributed by atoms with van der Waals surface area (Å²) in [5, 5.41) is 0.996. The topological polar surface area (TPSA) is 0 Å². The molecule has 0 heterocycles. The van der Waals surface area contributed by atoms with Gasteiger partial charge in [-0.1, -0.05) is 60.1 Å². The lowest BCUT2D eigenvalue weighted by Gasteiger charge is -2.10. The summed E-state index contributed by atoms with van der Waals surface area (Å²) in [6.45, 7) is 0. The van der Waals surface area contributed by atoms with Gasteiger partial charge in [-0.2, -0.15) is 0 Å². The maximum atomic E-state index is 6.57. The van der Waals surface area contributed by atoms with E-state index in [1.54, 1.807) is 0 Å². The van der Waals surface area contributed by atoms with Crippen LogP contribution in [-0.2, 0) is 6.42 Å².